The number of amides is 1. The molecule has 0 aliphatic rings. The quantitative estimate of drug-likeness (QED) is 0.587. The summed E-state index contributed by atoms with van der Waals surface area (Å²) < 4.78 is 39.6. The lowest BCUT2D eigenvalue weighted by molar-refractivity contribution is -0.141. The van der Waals surface area contributed by atoms with Gasteiger partial charge in [0.25, 0.3) is 0 Å². The van der Waals surface area contributed by atoms with Crippen molar-refractivity contribution in [3.05, 3.63) is 42.1 Å². The van der Waals surface area contributed by atoms with E-state index in [2.05, 4.69) is 15.3 Å². The lowest BCUT2D eigenvalue weighted by Gasteiger charge is -2.16. The molecule has 2 rings (SSSR count). The van der Waals surface area contributed by atoms with E-state index in [1.807, 2.05) is 13.8 Å². The van der Waals surface area contributed by atoms with Gasteiger partial charge in [0.2, 0.25) is 5.91 Å². The van der Waals surface area contributed by atoms with E-state index in [9.17, 15) is 18.0 Å². The van der Waals surface area contributed by atoms with Crippen molar-refractivity contribution in [1.82, 2.24) is 15.3 Å². The number of nitrogens with one attached hydrogen (secondary N) is 1. The molecule has 1 N–H and O–H groups in total. The average molecular weight is 383 g/mol. The predicted molar refractivity (Wildman–Crippen MR) is 95.7 cm³/mol. The first-order valence-corrected chi connectivity index (χ1v) is 9.07. The summed E-state index contributed by atoms with van der Waals surface area (Å²) in [4.78, 5) is 20.0. The minimum Gasteiger partial charge on any atom is -0.353 e. The van der Waals surface area contributed by atoms with Gasteiger partial charge >= 0.3 is 6.18 Å². The Morgan fingerprint density at radius 3 is 2.42 bits per heavy atom. The number of rotatable bonds is 6. The van der Waals surface area contributed by atoms with Gasteiger partial charge in [0.1, 0.15) is 5.69 Å². The molecule has 0 saturated carbocycles. The fourth-order valence-corrected chi connectivity index (χ4v) is 2.85. The summed E-state index contributed by atoms with van der Waals surface area (Å²) in [6, 6.07) is 9.48. The molecule has 140 valence electrons. The number of aromatic nitrogens is 2. The number of carbonyl (C=O) groups excluding carboxylic acids is 1. The summed E-state index contributed by atoms with van der Waals surface area (Å²) >= 11 is 0.909. The lowest BCUT2D eigenvalue weighted by Crippen LogP contribution is -2.37. The number of benzene rings is 1. The molecule has 1 heterocycles. The second-order valence-corrected chi connectivity index (χ2v) is 7.17. The highest BCUT2D eigenvalue weighted by atomic mass is 32.2. The van der Waals surface area contributed by atoms with E-state index >= 15 is 0 Å². The summed E-state index contributed by atoms with van der Waals surface area (Å²) in [5, 5.41) is 2.11. The first-order chi connectivity index (χ1) is 12.2. The number of halogens is 3. The van der Waals surface area contributed by atoms with Crippen LogP contribution in [0, 0.1) is 0 Å². The number of hydrogen-bond donors (Lipinski definition) is 1. The van der Waals surface area contributed by atoms with E-state index in [0.29, 0.717) is 5.56 Å². The standard InChI is InChI=1S/C18H20F3N3OS/c1-4-11(2)22-16(25)12(3)26-17-23-14(13-8-6-5-7-9-13)10-15(24-17)18(19,20)21/h5-12H,4H2,1-3H3,(H,22,25)/t11-,12+/m0/s1. The molecule has 1 aromatic heterocycles. The molecule has 26 heavy (non-hydrogen) atoms. The van der Waals surface area contributed by atoms with Gasteiger partial charge in [-0.05, 0) is 26.3 Å². The minimum atomic E-state index is -4.59. The number of carbonyl (C=O) groups is 1. The van der Waals surface area contributed by atoms with Gasteiger partial charge in [-0.25, -0.2) is 9.97 Å². The maximum absolute atomic E-state index is 13.2. The van der Waals surface area contributed by atoms with Crippen LogP contribution in [0.2, 0.25) is 0 Å². The Hall–Kier alpha value is -2.09. The molecule has 8 heteroatoms. The van der Waals surface area contributed by atoms with Gasteiger partial charge in [-0.15, -0.1) is 0 Å². The normalized spacial score (nSPS) is 13.9. The summed E-state index contributed by atoms with van der Waals surface area (Å²) in [6.45, 7) is 5.42. The monoisotopic (exact) mass is 383 g/mol. The van der Waals surface area contributed by atoms with Crippen molar-refractivity contribution in [2.75, 3.05) is 0 Å². The largest absolute Gasteiger partial charge is 0.433 e. The molecule has 0 aliphatic carbocycles. The topological polar surface area (TPSA) is 54.9 Å². The van der Waals surface area contributed by atoms with Gasteiger partial charge < -0.3 is 5.32 Å². The third kappa shape index (κ3) is 5.45. The minimum absolute atomic E-state index is 0.00661. The Morgan fingerprint density at radius 2 is 1.85 bits per heavy atom. The van der Waals surface area contributed by atoms with Crippen LogP contribution in [0.5, 0.6) is 0 Å². The first-order valence-electron chi connectivity index (χ1n) is 8.19. The number of alkyl halides is 3. The van der Waals surface area contributed by atoms with Crippen LogP contribution in [0.1, 0.15) is 32.9 Å². The van der Waals surface area contributed by atoms with E-state index in [4.69, 9.17) is 0 Å². The van der Waals surface area contributed by atoms with Gasteiger partial charge in [-0.2, -0.15) is 13.2 Å². The molecule has 4 nitrogen and oxygen atoms in total. The van der Waals surface area contributed by atoms with E-state index in [1.165, 1.54) is 0 Å². The fourth-order valence-electron chi connectivity index (χ4n) is 2.05. The van der Waals surface area contributed by atoms with Crippen LogP contribution in [0.15, 0.2) is 41.6 Å². The lowest BCUT2D eigenvalue weighted by atomic mass is 10.1. The van der Waals surface area contributed by atoms with Crippen LogP contribution in [-0.2, 0) is 11.0 Å². The van der Waals surface area contributed by atoms with Crippen LogP contribution in [0.3, 0.4) is 0 Å². The van der Waals surface area contributed by atoms with Gasteiger partial charge in [-0.3, -0.25) is 4.79 Å². The van der Waals surface area contributed by atoms with Crippen molar-refractivity contribution < 1.29 is 18.0 Å². The van der Waals surface area contributed by atoms with E-state index in [0.717, 1.165) is 24.2 Å². The number of hydrogen-bond acceptors (Lipinski definition) is 4. The molecule has 2 aromatic rings. The van der Waals surface area contributed by atoms with Crippen molar-refractivity contribution in [3.8, 4) is 11.3 Å². The Morgan fingerprint density at radius 1 is 1.19 bits per heavy atom. The molecule has 0 unspecified atom stereocenters. The molecule has 0 spiro atoms. The third-order valence-electron chi connectivity index (χ3n) is 3.72. The second kappa shape index (κ2) is 8.53. The van der Waals surface area contributed by atoms with Gasteiger partial charge in [0.15, 0.2) is 5.16 Å². The van der Waals surface area contributed by atoms with Gasteiger partial charge in [-0.1, -0.05) is 49.0 Å². The molecule has 1 amide bonds. The first kappa shape index (κ1) is 20.2. The zero-order valence-electron chi connectivity index (χ0n) is 14.7. The molecule has 2 atom stereocenters. The molecular weight excluding hydrogens is 363 g/mol. The number of nitrogens with zero attached hydrogens (tertiary/aromatic N) is 2. The van der Waals surface area contributed by atoms with Crippen LogP contribution >= 0.6 is 11.8 Å². The molecule has 0 bridgehead atoms. The van der Waals surface area contributed by atoms with E-state index in [-0.39, 0.29) is 22.8 Å². The molecule has 0 radical (unpaired) electrons. The Balaban J connectivity index is 2.31. The van der Waals surface area contributed by atoms with Crippen LogP contribution < -0.4 is 5.32 Å². The SMILES string of the molecule is CC[C@H](C)NC(=O)[C@@H](C)Sc1nc(-c2ccccc2)cc(C(F)(F)F)n1. The molecular formula is C18H20F3N3OS. The predicted octanol–water partition coefficient (Wildman–Crippen LogP) is 4.56. The van der Waals surface area contributed by atoms with Crippen molar-refractivity contribution in [2.24, 2.45) is 0 Å². The van der Waals surface area contributed by atoms with E-state index < -0.39 is 17.1 Å². The van der Waals surface area contributed by atoms with Gasteiger partial charge in [0.05, 0.1) is 10.9 Å². The molecule has 1 aromatic carbocycles. The maximum atomic E-state index is 13.2. The summed E-state index contributed by atoms with van der Waals surface area (Å²) in [7, 11) is 0. The summed E-state index contributed by atoms with van der Waals surface area (Å²) in [5.41, 5.74) is -0.299. The van der Waals surface area contributed by atoms with Crippen molar-refractivity contribution in [3.63, 3.8) is 0 Å². The zero-order valence-corrected chi connectivity index (χ0v) is 15.5. The summed E-state index contributed by atoms with van der Waals surface area (Å²) in [5.74, 6) is -0.258. The second-order valence-electron chi connectivity index (χ2n) is 5.86. The molecule has 0 saturated heterocycles. The molecule has 0 fully saturated rings. The highest BCUT2D eigenvalue weighted by Gasteiger charge is 2.34. The maximum Gasteiger partial charge on any atom is 0.433 e. The Labute approximate surface area is 154 Å². The number of thioether (sulfide) groups is 1. The van der Waals surface area contributed by atoms with Crippen LogP contribution in [0.25, 0.3) is 11.3 Å². The molecule has 0 aliphatic heterocycles. The fraction of sp³-hybridized carbons (Fsp3) is 0.389. The van der Waals surface area contributed by atoms with Crippen molar-refractivity contribution in [2.45, 2.75) is 49.8 Å². The van der Waals surface area contributed by atoms with Gasteiger partial charge in [0, 0.05) is 11.6 Å². The van der Waals surface area contributed by atoms with Crippen molar-refractivity contribution in [1.29, 1.82) is 0 Å². The van der Waals surface area contributed by atoms with Crippen LogP contribution in [-0.4, -0.2) is 27.2 Å². The smallest absolute Gasteiger partial charge is 0.353 e. The van der Waals surface area contributed by atoms with Crippen LogP contribution in [0.4, 0.5) is 13.2 Å². The van der Waals surface area contributed by atoms with E-state index in [1.54, 1.807) is 37.3 Å². The Bertz CT molecular complexity index is 753. The third-order valence-corrected chi connectivity index (χ3v) is 4.68. The highest BCUT2D eigenvalue weighted by molar-refractivity contribution is 8.00. The zero-order chi connectivity index (χ0) is 19.3. The summed E-state index contributed by atoms with van der Waals surface area (Å²) in [6.07, 6.45) is -3.83. The Kier molecular flexibility index (Phi) is 6.63. The average Bonchev–Trinajstić information content (AvgIpc) is 2.61. The highest BCUT2D eigenvalue weighted by Crippen LogP contribution is 2.32. The van der Waals surface area contributed by atoms with Crippen molar-refractivity contribution >= 4 is 17.7 Å².